The Balaban J connectivity index is 2.30. The molecule has 1 aromatic carbocycles. The minimum Gasteiger partial charge on any atom is -0.127 e. The number of hydrogen-bond donors (Lipinski definition) is 0. The molecule has 1 aliphatic rings. The Morgan fingerprint density at radius 2 is 2.42 bits per heavy atom. The summed E-state index contributed by atoms with van der Waals surface area (Å²) >= 11 is 5.70. The van der Waals surface area contributed by atoms with Gasteiger partial charge in [-0.1, -0.05) is 30.4 Å². The first-order chi connectivity index (χ1) is 5.92. The van der Waals surface area contributed by atoms with E-state index in [9.17, 15) is 0 Å². The first kappa shape index (κ1) is 7.88. The van der Waals surface area contributed by atoms with Crippen molar-refractivity contribution in [1.82, 2.24) is 0 Å². The first-order valence-corrected chi connectivity index (χ1v) is 4.70. The molecule has 0 bridgehead atoms. The molecule has 0 N–H and O–H groups in total. The van der Waals surface area contributed by atoms with Gasteiger partial charge in [0, 0.05) is 11.8 Å². The van der Waals surface area contributed by atoms with Gasteiger partial charge in [-0.25, -0.2) is 0 Å². The summed E-state index contributed by atoms with van der Waals surface area (Å²) in [5.74, 6) is 1.22. The summed E-state index contributed by atoms with van der Waals surface area (Å²) in [5, 5.41) is 0. The number of hydrogen-bond acceptors (Lipinski definition) is 0. The molecule has 2 rings (SSSR count). The van der Waals surface area contributed by atoms with Crippen LogP contribution in [0.3, 0.4) is 0 Å². The molecule has 1 aliphatic carbocycles. The van der Waals surface area contributed by atoms with Crippen molar-refractivity contribution in [1.29, 1.82) is 0 Å². The second-order valence-electron chi connectivity index (χ2n) is 2.98. The zero-order valence-corrected chi connectivity index (χ0v) is 7.51. The Morgan fingerprint density at radius 1 is 1.50 bits per heavy atom. The van der Waals surface area contributed by atoms with Gasteiger partial charge in [-0.3, -0.25) is 0 Å². The average Bonchev–Trinajstić information content (AvgIpc) is 2.50. The summed E-state index contributed by atoms with van der Waals surface area (Å²) in [7, 11) is 0. The van der Waals surface area contributed by atoms with Crippen molar-refractivity contribution >= 4 is 17.7 Å². The van der Waals surface area contributed by atoms with Crippen LogP contribution in [-0.2, 0) is 0 Å². The zero-order chi connectivity index (χ0) is 8.39. The molecule has 0 aliphatic heterocycles. The lowest BCUT2D eigenvalue weighted by molar-refractivity contribution is 0.823. The van der Waals surface area contributed by atoms with E-state index < -0.39 is 0 Å². The normalized spacial score (nSPS) is 19.6. The third-order valence-corrected chi connectivity index (χ3v) is 2.44. The van der Waals surface area contributed by atoms with Crippen LogP contribution < -0.4 is 0 Å². The van der Waals surface area contributed by atoms with E-state index in [4.69, 9.17) is 11.6 Å². The topological polar surface area (TPSA) is 0 Å². The second kappa shape index (κ2) is 3.32. The molecular weight excluding hydrogens is 168 g/mol. The largest absolute Gasteiger partial charge is 0.127 e. The van der Waals surface area contributed by atoms with Crippen LogP contribution in [0.5, 0.6) is 0 Å². The van der Waals surface area contributed by atoms with E-state index in [-0.39, 0.29) is 0 Å². The van der Waals surface area contributed by atoms with E-state index in [1.54, 1.807) is 0 Å². The molecule has 0 saturated carbocycles. The molecule has 1 radical (unpaired) electrons. The number of allylic oxidation sites excluding steroid dienone is 1. The van der Waals surface area contributed by atoms with Crippen molar-refractivity contribution < 1.29 is 0 Å². The van der Waals surface area contributed by atoms with Gasteiger partial charge < -0.3 is 0 Å². The molecule has 12 heavy (non-hydrogen) atoms. The van der Waals surface area contributed by atoms with Crippen molar-refractivity contribution in [2.45, 2.75) is 12.3 Å². The van der Waals surface area contributed by atoms with E-state index in [1.807, 2.05) is 12.1 Å². The standard InChI is InChI=1S/C11H10Cl/c12-8-7-10-6-5-9-3-1-2-4-11(9)10/h1-3,5-6,10H,7-8H2. The van der Waals surface area contributed by atoms with Crippen LogP contribution in [0.4, 0.5) is 0 Å². The van der Waals surface area contributed by atoms with Crippen LogP contribution in [0.15, 0.2) is 24.3 Å². The van der Waals surface area contributed by atoms with Gasteiger partial charge in [0.2, 0.25) is 0 Å². The average molecular weight is 178 g/mol. The minimum atomic E-state index is 0.499. The summed E-state index contributed by atoms with van der Waals surface area (Å²) in [4.78, 5) is 0. The quantitative estimate of drug-likeness (QED) is 0.609. The number of benzene rings is 1. The van der Waals surface area contributed by atoms with Crippen molar-refractivity contribution in [3.8, 4) is 0 Å². The van der Waals surface area contributed by atoms with Crippen LogP contribution >= 0.6 is 11.6 Å². The lowest BCUT2D eigenvalue weighted by Gasteiger charge is -2.07. The van der Waals surface area contributed by atoms with Crippen molar-refractivity contribution in [2.75, 3.05) is 5.88 Å². The Morgan fingerprint density at radius 3 is 3.25 bits per heavy atom. The van der Waals surface area contributed by atoms with Crippen LogP contribution in [0, 0.1) is 6.07 Å². The van der Waals surface area contributed by atoms with Crippen LogP contribution in [-0.4, -0.2) is 5.88 Å². The first-order valence-electron chi connectivity index (χ1n) is 4.16. The molecule has 0 heterocycles. The molecule has 1 heteroatoms. The molecular formula is C11H10Cl. The lowest BCUT2D eigenvalue weighted by atomic mass is 9.99. The lowest BCUT2D eigenvalue weighted by Crippen LogP contribution is -1.93. The molecule has 0 aromatic heterocycles. The van der Waals surface area contributed by atoms with E-state index in [0.717, 1.165) is 12.3 Å². The van der Waals surface area contributed by atoms with E-state index in [0.29, 0.717) is 5.92 Å². The van der Waals surface area contributed by atoms with Gasteiger partial charge in [0.25, 0.3) is 0 Å². The third-order valence-electron chi connectivity index (χ3n) is 2.22. The van der Waals surface area contributed by atoms with Crippen LogP contribution in [0.2, 0.25) is 0 Å². The summed E-state index contributed by atoms with van der Waals surface area (Å²) < 4.78 is 0. The maximum absolute atomic E-state index is 5.70. The van der Waals surface area contributed by atoms with Gasteiger partial charge in [-0.15, -0.1) is 11.6 Å². The highest BCUT2D eigenvalue weighted by atomic mass is 35.5. The second-order valence-corrected chi connectivity index (χ2v) is 3.36. The summed E-state index contributed by atoms with van der Waals surface area (Å²) in [6.45, 7) is 0. The molecule has 1 unspecified atom stereocenters. The van der Waals surface area contributed by atoms with Crippen LogP contribution in [0.1, 0.15) is 23.5 Å². The van der Waals surface area contributed by atoms with Gasteiger partial charge in [-0.05, 0) is 23.6 Å². The fourth-order valence-electron chi connectivity index (χ4n) is 1.60. The highest BCUT2D eigenvalue weighted by Gasteiger charge is 2.15. The van der Waals surface area contributed by atoms with Gasteiger partial charge in [0.15, 0.2) is 0 Å². The van der Waals surface area contributed by atoms with Gasteiger partial charge in [-0.2, -0.15) is 0 Å². The fourth-order valence-corrected chi connectivity index (χ4v) is 1.84. The Labute approximate surface area is 77.9 Å². The molecule has 0 fully saturated rings. The minimum absolute atomic E-state index is 0.499. The summed E-state index contributed by atoms with van der Waals surface area (Å²) in [6, 6.07) is 9.37. The maximum atomic E-state index is 5.70. The van der Waals surface area contributed by atoms with E-state index >= 15 is 0 Å². The Kier molecular flexibility index (Phi) is 2.18. The Hall–Kier alpha value is -0.750. The summed E-state index contributed by atoms with van der Waals surface area (Å²) in [6.07, 6.45) is 5.39. The fraction of sp³-hybridized carbons (Fsp3) is 0.273. The molecule has 61 valence electrons. The predicted octanol–water partition coefficient (Wildman–Crippen LogP) is 3.23. The van der Waals surface area contributed by atoms with Crippen molar-refractivity contribution in [3.05, 3.63) is 41.5 Å². The Bertz CT molecular complexity index is 302. The SMILES string of the molecule is ClCCC1C=Cc2ccc[c]c21. The van der Waals surface area contributed by atoms with Crippen molar-refractivity contribution in [2.24, 2.45) is 0 Å². The molecule has 1 atom stereocenters. The number of fused-ring (bicyclic) bond motifs is 1. The number of alkyl halides is 1. The van der Waals surface area contributed by atoms with E-state index in [2.05, 4.69) is 24.3 Å². The van der Waals surface area contributed by atoms with Gasteiger partial charge >= 0.3 is 0 Å². The van der Waals surface area contributed by atoms with E-state index in [1.165, 1.54) is 11.1 Å². The molecule has 0 amide bonds. The maximum Gasteiger partial charge on any atom is 0.0232 e. The smallest absolute Gasteiger partial charge is 0.0232 e. The molecule has 0 nitrogen and oxygen atoms in total. The van der Waals surface area contributed by atoms with Crippen LogP contribution in [0.25, 0.3) is 6.08 Å². The molecule has 0 saturated heterocycles. The summed E-state index contributed by atoms with van der Waals surface area (Å²) in [5.41, 5.74) is 2.60. The molecule has 1 aromatic rings. The number of halogens is 1. The van der Waals surface area contributed by atoms with Gasteiger partial charge in [0.05, 0.1) is 0 Å². The highest BCUT2D eigenvalue weighted by molar-refractivity contribution is 6.17. The zero-order valence-electron chi connectivity index (χ0n) is 6.76. The monoisotopic (exact) mass is 177 g/mol. The van der Waals surface area contributed by atoms with Crippen molar-refractivity contribution in [3.63, 3.8) is 0 Å². The number of rotatable bonds is 2. The van der Waals surface area contributed by atoms with Gasteiger partial charge in [0.1, 0.15) is 0 Å². The molecule has 0 spiro atoms. The highest BCUT2D eigenvalue weighted by Crippen LogP contribution is 2.31. The third kappa shape index (κ3) is 1.27. The predicted molar refractivity (Wildman–Crippen MR) is 52.4 cm³/mol.